The largest absolute Gasteiger partial charge is 0.379 e. The zero-order valence-electron chi connectivity index (χ0n) is 13.0. The van der Waals surface area contributed by atoms with Crippen LogP contribution >= 0.6 is 0 Å². The highest BCUT2D eigenvalue weighted by atomic mass is 16.2. The molecule has 2 aromatic rings. The zero-order valence-corrected chi connectivity index (χ0v) is 13.0. The quantitative estimate of drug-likeness (QED) is 0.885. The lowest BCUT2D eigenvalue weighted by molar-refractivity contribution is 0.0828. The van der Waals surface area contributed by atoms with Crippen LogP contribution < -0.4 is 5.32 Å². The third-order valence-corrected chi connectivity index (χ3v) is 3.41. The summed E-state index contributed by atoms with van der Waals surface area (Å²) in [5.41, 5.74) is 2.81. The summed E-state index contributed by atoms with van der Waals surface area (Å²) in [6.07, 6.45) is 3.20. The fourth-order valence-corrected chi connectivity index (χ4v) is 2.32. The van der Waals surface area contributed by atoms with E-state index in [2.05, 4.69) is 35.1 Å². The van der Waals surface area contributed by atoms with Gasteiger partial charge in [-0.05, 0) is 30.7 Å². The summed E-state index contributed by atoms with van der Waals surface area (Å²) < 4.78 is 2.24. The molecule has 0 radical (unpaired) electrons. The number of hydrogen-bond acceptors (Lipinski definition) is 2. The number of aryl methyl sites for hydroxylation is 1. The molecule has 0 aliphatic rings. The van der Waals surface area contributed by atoms with Gasteiger partial charge >= 0.3 is 0 Å². The van der Waals surface area contributed by atoms with Crippen LogP contribution in [0.15, 0.2) is 42.6 Å². The van der Waals surface area contributed by atoms with E-state index >= 15 is 0 Å². The Morgan fingerprint density at radius 3 is 2.67 bits per heavy atom. The normalized spacial score (nSPS) is 10.4. The lowest BCUT2D eigenvalue weighted by Crippen LogP contribution is -2.23. The molecule has 0 spiro atoms. The summed E-state index contributed by atoms with van der Waals surface area (Å²) in [4.78, 5) is 13.8. The Kier molecular flexibility index (Phi) is 5.04. The maximum absolute atomic E-state index is 12.2. The molecule has 0 unspecified atom stereocenters. The van der Waals surface area contributed by atoms with Crippen LogP contribution in [-0.4, -0.2) is 29.5 Å². The van der Waals surface area contributed by atoms with Gasteiger partial charge in [-0.1, -0.05) is 19.1 Å². The van der Waals surface area contributed by atoms with Gasteiger partial charge in [-0.25, -0.2) is 0 Å². The Bertz CT molecular complexity index is 602. The van der Waals surface area contributed by atoms with Gasteiger partial charge in [0.15, 0.2) is 0 Å². The second kappa shape index (κ2) is 6.97. The van der Waals surface area contributed by atoms with Crippen LogP contribution in [0.3, 0.4) is 0 Å². The zero-order chi connectivity index (χ0) is 15.2. The number of amides is 1. The lowest BCUT2D eigenvalue weighted by atomic mass is 10.1. The van der Waals surface area contributed by atoms with E-state index in [0.29, 0.717) is 12.1 Å². The summed E-state index contributed by atoms with van der Waals surface area (Å²) in [7, 11) is 3.54. The molecular weight excluding hydrogens is 262 g/mol. The van der Waals surface area contributed by atoms with Crippen molar-refractivity contribution < 1.29 is 4.79 Å². The fourth-order valence-electron chi connectivity index (χ4n) is 2.32. The lowest BCUT2D eigenvalue weighted by Gasteiger charge is -2.16. The molecule has 1 aromatic heterocycles. The predicted molar refractivity (Wildman–Crippen MR) is 86.5 cm³/mol. The van der Waals surface area contributed by atoms with Gasteiger partial charge < -0.3 is 14.8 Å². The third-order valence-electron chi connectivity index (χ3n) is 3.41. The summed E-state index contributed by atoms with van der Waals surface area (Å²) in [6, 6.07) is 11.8. The van der Waals surface area contributed by atoms with E-state index in [0.717, 1.165) is 18.7 Å². The molecule has 1 aromatic carbocycles. The molecule has 0 saturated carbocycles. The molecule has 1 N–H and O–H groups in total. The second-order valence-corrected chi connectivity index (χ2v) is 5.29. The number of hydrogen-bond donors (Lipinski definition) is 1. The molecule has 1 amide bonds. The highest BCUT2D eigenvalue weighted by molar-refractivity contribution is 5.99. The van der Waals surface area contributed by atoms with E-state index in [4.69, 9.17) is 0 Å². The standard InChI is InChI=1S/C17H23N3O/c1-4-11-20-12-7-8-14(20)13-18-16-10-6-5-9-15(16)17(21)19(2)3/h5-10,12,18H,4,11,13H2,1-3H3. The molecule has 0 aliphatic carbocycles. The number of para-hydroxylation sites is 1. The summed E-state index contributed by atoms with van der Waals surface area (Å²) in [6.45, 7) is 3.90. The number of rotatable bonds is 6. The molecule has 0 aliphatic heterocycles. The summed E-state index contributed by atoms with van der Waals surface area (Å²) in [5.74, 6) is 0.0158. The third kappa shape index (κ3) is 3.66. The second-order valence-electron chi connectivity index (χ2n) is 5.29. The van der Waals surface area contributed by atoms with Gasteiger partial charge in [0, 0.05) is 38.2 Å². The Morgan fingerprint density at radius 1 is 1.19 bits per heavy atom. The van der Waals surface area contributed by atoms with Crippen LogP contribution in [0, 0.1) is 0 Å². The number of anilines is 1. The molecule has 0 bridgehead atoms. The predicted octanol–water partition coefficient (Wildman–Crippen LogP) is 3.21. The highest BCUT2D eigenvalue weighted by Crippen LogP contribution is 2.18. The first kappa shape index (κ1) is 15.2. The number of carbonyl (C=O) groups is 1. The van der Waals surface area contributed by atoms with Crippen molar-refractivity contribution in [2.75, 3.05) is 19.4 Å². The van der Waals surface area contributed by atoms with Crippen molar-refractivity contribution in [2.45, 2.75) is 26.4 Å². The van der Waals surface area contributed by atoms with Gasteiger partial charge in [-0.3, -0.25) is 4.79 Å². The number of nitrogens with one attached hydrogen (secondary N) is 1. The van der Waals surface area contributed by atoms with Crippen LogP contribution in [0.1, 0.15) is 29.4 Å². The molecule has 21 heavy (non-hydrogen) atoms. The van der Waals surface area contributed by atoms with Gasteiger partial charge in [0.05, 0.1) is 12.1 Å². The van der Waals surface area contributed by atoms with E-state index in [1.165, 1.54) is 5.69 Å². The highest BCUT2D eigenvalue weighted by Gasteiger charge is 2.12. The van der Waals surface area contributed by atoms with Gasteiger partial charge in [-0.15, -0.1) is 0 Å². The van der Waals surface area contributed by atoms with E-state index in [1.54, 1.807) is 19.0 Å². The van der Waals surface area contributed by atoms with Crippen molar-refractivity contribution in [2.24, 2.45) is 0 Å². The van der Waals surface area contributed by atoms with Crippen molar-refractivity contribution >= 4 is 11.6 Å². The van der Waals surface area contributed by atoms with Crippen LogP contribution in [-0.2, 0) is 13.1 Å². The van der Waals surface area contributed by atoms with Crippen molar-refractivity contribution in [1.82, 2.24) is 9.47 Å². The smallest absolute Gasteiger partial charge is 0.255 e. The van der Waals surface area contributed by atoms with Gasteiger partial charge in [-0.2, -0.15) is 0 Å². The molecule has 2 rings (SSSR count). The summed E-state index contributed by atoms with van der Waals surface area (Å²) >= 11 is 0. The van der Waals surface area contributed by atoms with Gasteiger partial charge in [0.25, 0.3) is 5.91 Å². The number of aromatic nitrogens is 1. The minimum absolute atomic E-state index is 0.0158. The maximum Gasteiger partial charge on any atom is 0.255 e. The molecule has 1 heterocycles. The Morgan fingerprint density at radius 2 is 1.95 bits per heavy atom. The summed E-state index contributed by atoms with van der Waals surface area (Å²) in [5, 5.41) is 3.38. The van der Waals surface area contributed by atoms with Crippen LogP contribution in [0.4, 0.5) is 5.69 Å². The minimum atomic E-state index is 0.0158. The fraction of sp³-hybridized carbons (Fsp3) is 0.353. The van der Waals surface area contributed by atoms with Gasteiger partial charge in [0.2, 0.25) is 0 Å². The molecule has 0 fully saturated rings. The average molecular weight is 285 g/mol. The van der Waals surface area contributed by atoms with Crippen LogP contribution in [0.25, 0.3) is 0 Å². The molecule has 4 heteroatoms. The SMILES string of the molecule is CCCn1cccc1CNc1ccccc1C(=O)N(C)C. The van der Waals surface area contributed by atoms with Crippen LogP contribution in [0.5, 0.6) is 0 Å². The number of nitrogens with zero attached hydrogens (tertiary/aromatic N) is 2. The Balaban J connectivity index is 2.13. The van der Waals surface area contributed by atoms with Crippen molar-refractivity contribution in [1.29, 1.82) is 0 Å². The van der Waals surface area contributed by atoms with Crippen molar-refractivity contribution in [3.8, 4) is 0 Å². The van der Waals surface area contributed by atoms with E-state index < -0.39 is 0 Å². The molecule has 4 nitrogen and oxygen atoms in total. The first-order valence-corrected chi connectivity index (χ1v) is 7.32. The number of benzene rings is 1. The van der Waals surface area contributed by atoms with E-state index in [9.17, 15) is 4.79 Å². The Labute approximate surface area is 126 Å². The van der Waals surface area contributed by atoms with Crippen molar-refractivity contribution in [3.05, 3.63) is 53.9 Å². The van der Waals surface area contributed by atoms with Crippen LogP contribution in [0.2, 0.25) is 0 Å². The van der Waals surface area contributed by atoms with Crippen molar-refractivity contribution in [3.63, 3.8) is 0 Å². The first-order valence-electron chi connectivity index (χ1n) is 7.32. The monoisotopic (exact) mass is 285 g/mol. The molecule has 0 saturated heterocycles. The number of carbonyl (C=O) groups excluding carboxylic acids is 1. The van der Waals surface area contributed by atoms with Gasteiger partial charge in [0.1, 0.15) is 0 Å². The first-order chi connectivity index (χ1) is 10.1. The van der Waals surface area contributed by atoms with E-state index in [1.807, 2.05) is 24.3 Å². The molecular formula is C17H23N3O. The maximum atomic E-state index is 12.2. The average Bonchev–Trinajstić information content (AvgIpc) is 2.92. The Hall–Kier alpha value is -2.23. The topological polar surface area (TPSA) is 37.3 Å². The van der Waals surface area contributed by atoms with E-state index in [-0.39, 0.29) is 5.91 Å². The molecule has 112 valence electrons. The molecule has 0 atom stereocenters. The minimum Gasteiger partial charge on any atom is -0.379 e.